The zero-order chi connectivity index (χ0) is 14.5. The minimum Gasteiger partial charge on any atom is -0.343 e. The van der Waals surface area contributed by atoms with Crippen molar-refractivity contribution in [2.45, 2.75) is 26.3 Å². The molecule has 0 aliphatic carbocycles. The molecule has 0 aliphatic rings. The van der Waals surface area contributed by atoms with Crippen LogP contribution in [0.15, 0.2) is 24.3 Å². The summed E-state index contributed by atoms with van der Waals surface area (Å²) in [7, 11) is 1.73. The number of amides is 1. The lowest BCUT2D eigenvalue weighted by molar-refractivity contribution is -0.130. The van der Waals surface area contributed by atoms with E-state index in [0.717, 1.165) is 23.3 Å². The Morgan fingerprint density at radius 1 is 1.45 bits per heavy atom. The van der Waals surface area contributed by atoms with Gasteiger partial charge in [-0.3, -0.25) is 4.79 Å². The number of nitrogens with zero attached hydrogens (tertiary/aromatic N) is 4. The molecule has 0 radical (unpaired) electrons. The molecule has 2 rings (SSSR count). The molecule has 0 bridgehead atoms. The maximum absolute atomic E-state index is 12.2. The lowest BCUT2D eigenvalue weighted by Crippen LogP contribution is -2.31. The summed E-state index contributed by atoms with van der Waals surface area (Å²) in [5.74, 6) is 0.909. The van der Waals surface area contributed by atoms with E-state index in [1.54, 1.807) is 11.9 Å². The lowest BCUT2D eigenvalue weighted by Gasteiger charge is -2.17. The highest BCUT2D eigenvalue weighted by atomic mass is 16.2. The first-order chi connectivity index (χ1) is 9.67. The van der Waals surface area contributed by atoms with E-state index in [1.165, 1.54) is 0 Å². The van der Waals surface area contributed by atoms with Gasteiger partial charge < -0.3 is 9.47 Å². The Hall–Kier alpha value is -2.35. The average molecular weight is 270 g/mol. The van der Waals surface area contributed by atoms with Crippen molar-refractivity contribution in [3.63, 3.8) is 0 Å². The molecule has 1 aromatic heterocycles. The molecule has 0 unspecified atom stereocenters. The molecule has 0 N–H and O–H groups in total. The number of rotatable bonds is 5. The lowest BCUT2D eigenvalue weighted by atomic mass is 10.3. The van der Waals surface area contributed by atoms with Gasteiger partial charge in [0.15, 0.2) is 0 Å². The second-order valence-corrected chi connectivity index (χ2v) is 4.68. The van der Waals surface area contributed by atoms with Crippen LogP contribution in [0.1, 0.15) is 19.2 Å². The maximum Gasteiger partial charge on any atom is 0.242 e. The van der Waals surface area contributed by atoms with Gasteiger partial charge in [-0.2, -0.15) is 5.26 Å². The van der Waals surface area contributed by atoms with E-state index in [1.807, 2.05) is 35.8 Å². The molecule has 5 heteroatoms. The van der Waals surface area contributed by atoms with Crippen molar-refractivity contribution in [2.24, 2.45) is 0 Å². The Balaban J connectivity index is 2.24. The molecule has 104 valence electrons. The van der Waals surface area contributed by atoms with E-state index < -0.39 is 0 Å². The highest BCUT2D eigenvalue weighted by Gasteiger charge is 2.14. The predicted molar refractivity (Wildman–Crippen MR) is 77.0 cm³/mol. The molecule has 0 saturated carbocycles. The van der Waals surface area contributed by atoms with Gasteiger partial charge in [0.2, 0.25) is 5.91 Å². The van der Waals surface area contributed by atoms with Crippen LogP contribution in [0.4, 0.5) is 0 Å². The molecule has 20 heavy (non-hydrogen) atoms. The van der Waals surface area contributed by atoms with E-state index in [2.05, 4.69) is 11.1 Å². The molecule has 0 saturated heterocycles. The maximum atomic E-state index is 12.2. The normalized spacial score (nSPS) is 10.4. The van der Waals surface area contributed by atoms with Gasteiger partial charge >= 0.3 is 0 Å². The number of fused-ring (bicyclic) bond motifs is 1. The summed E-state index contributed by atoms with van der Waals surface area (Å²) in [5.41, 5.74) is 1.89. The van der Waals surface area contributed by atoms with E-state index in [-0.39, 0.29) is 12.5 Å². The molecule has 2 aromatic rings. The summed E-state index contributed by atoms with van der Waals surface area (Å²) in [6, 6.07) is 9.87. The number of para-hydroxylation sites is 2. The number of benzene rings is 1. The Bertz CT molecular complexity index is 653. The standard InChI is InChI=1S/C15H18N4O/c1-3-14-17-12-7-4-5-8-13(12)19(14)11-15(20)18(2)10-6-9-16/h4-5,7-8H,3,6,10-11H2,1-2H3. The van der Waals surface area contributed by atoms with E-state index >= 15 is 0 Å². The van der Waals surface area contributed by atoms with Gasteiger partial charge in [0.25, 0.3) is 0 Å². The summed E-state index contributed by atoms with van der Waals surface area (Å²) in [5, 5.41) is 8.57. The Morgan fingerprint density at radius 2 is 2.20 bits per heavy atom. The largest absolute Gasteiger partial charge is 0.343 e. The SMILES string of the molecule is CCc1nc2ccccc2n1CC(=O)N(C)CCC#N. The molecule has 5 nitrogen and oxygen atoms in total. The second kappa shape index (κ2) is 6.20. The fraction of sp³-hybridized carbons (Fsp3) is 0.400. The number of aryl methyl sites for hydroxylation is 1. The molecular formula is C15H18N4O. The van der Waals surface area contributed by atoms with Crippen LogP contribution < -0.4 is 0 Å². The van der Waals surface area contributed by atoms with E-state index in [0.29, 0.717) is 13.0 Å². The number of likely N-dealkylation sites (N-methyl/N-ethyl adjacent to an activating group) is 1. The summed E-state index contributed by atoms with van der Waals surface area (Å²) < 4.78 is 1.96. The number of carbonyl (C=O) groups excluding carboxylic acids is 1. The van der Waals surface area contributed by atoms with Crippen LogP contribution >= 0.6 is 0 Å². The van der Waals surface area contributed by atoms with Crippen LogP contribution in [0.5, 0.6) is 0 Å². The molecule has 0 fully saturated rings. The van der Waals surface area contributed by atoms with E-state index in [9.17, 15) is 4.79 Å². The van der Waals surface area contributed by atoms with Crippen molar-refractivity contribution >= 4 is 16.9 Å². The van der Waals surface area contributed by atoms with Crippen molar-refractivity contribution < 1.29 is 4.79 Å². The van der Waals surface area contributed by atoms with Gasteiger partial charge in [0.1, 0.15) is 12.4 Å². The van der Waals surface area contributed by atoms with Crippen molar-refractivity contribution in [1.82, 2.24) is 14.5 Å². The topological polar surface area (TPSA) is 61.9 Å². The Kier molecular flexibility index (Phi) is 4.36. The van der Waals surface area contributed by atoms with Crippen molar-refractivity contribution in [3.8, 4) is 6.07 Å². The van der Waals surface area contributed by atoms with Gasteiger partial charge in [0, 0.05) is 20.0 Å². The molecular weight excluding hydrogens is 252 g/mol. The number of imidazole rings is 1. The first kappa shape index (κ1) is 14.1. The summed E-state index contributed by atoms with van der Waals surface area (Å²) in [6.45, 7) is 2.76. The third-order valence-electron chi connectivity index (χ3n) is 3.33. The zero-order valence-corrected chi connectivity index (χ0v) is 11.8. The first-order valence-electron chi connectivity index (χ1n) is 6.72. The highest BCUT2D eigenvalue weighted by Crippen LogP contribution is 2.16. The number of aromatic nitrogens is 2. The van der Waals surface area contributed by atoms with E-state index in [4.69, 9.17) is 5.26 Å². The molecule has 0 atom stereocenters. The minimum absolute atomic E-state index is 0.00176. The number of carbonyl (C=O) groups is 1. The smallest absolute Gasteiger partial charge is 0.242 e. The minimum atomic E-state index is -0.00176. The third kappa shape index (κ3) is 2.80. The van der Waals surface area contributed by atoms with Crippen molar-refractivity contribution in [1.29, 1.82) is 5.26 Å². The molecule has 0 spiro atoms. The predicted octanol–water partition coefficient (Wildman–Crippen LogP) is 1.97. The fourth-order valence-corrected chi connectivity index (χ4v) is 2.17. The summed E-state index contributed by atoms with van der Waals surface area (Å²) in [4.78, 5) is 18.3. The van der Waals surface area contributed by atoms with Gasteiger partial charge in [-0.05, 0) is 12.1 Å². The van der Waals surface area contributed by atoms with Gasteiger partial charge in [-0.1, -0.05) is 19.1 Å². The molecule has 1 heterocycles. The summed E-state index contributed by atoms with van der Waals surface area (Å²) >= 11 is 0. The number of hydrogen-bond donors (Lipinski definition) is 0. The van der Waals surface area contributed by atoms with Crippen molar-refractivity contribution in [2.75, 3.05) is 13.6 Å². The molecule has 0 aliphatic heterocycles. The van der Waals surface area contributed by atoms with Crippen LogP contribution in [-0.2, 0) is 17.8 Å². The molecule has 1 aromatic carbocycles. The van der Waals surface area contributed by atoms with Crippen LogP contribution in [-0.4, -0.2) is 34.0 Å². The third-order valence-corrected chi connectivity index (χ3v) is 3.33. The zero-order valence-electron chi connectivity index (χ0n) is 11.8. The van der Waals surface area contributed by atoms with Crippen molar-refractivity contribution in [3.05, 3.63) is 30.1 Å². The quantitative estimate of drug-likeness (QED) is 0.834. The Morgan fingerprint density at radius 3 is 2.90 bits per heavy atom. The first-order valence-corrected chi connectivity index (χ1v) is 6.72. The number of hydrogen-bond acceptors (Lipinski definition) is 3. The average Bonchev–Trinajstić information content (AvgIpc) is 2.82. The second-order valence-electron chi connectivity index (χ2n) is 4.68. The van der Waals surface area contributed by atoms with Gasteiger partial charge in [-0.15, -0.1) is 0 Å². The Labute approximate surface area is 118 Å². The van der Waals surface area contributed by atoms with Crippen LogP contribution in [0, 0.1) is 11.3 Å². The monoisotopic (exact) mass is 270 g/mol. The van der Waals surface area contributed by atoms with Crippen LogP contribution in [0.3, 0.4) is 0 Å². The fourth-order valence-electron chi connectivity index (χ4n) is 2.17. The highest BCUT2D eigenvalue weighted by molar-refractivity contribution is 5.81. The summed E-state index contributed by atoms with van der Waals surface area (Å²) in [6.07, 6.45) is 1.14. The molecule has 1 amide bonds. The van der Waals surface area contributed by atoms with Crippen LogP contribution in [0.2, 0.25) is 0 Å². The van der Waals surface area contributed by atoms with Gasteiger partial charge in [0.05, 0.1) is 23.5 Å². The van der Waals surface area contributed by atoms with Crippen LogP contribution in [0.25, 0.3) is 11.0 Å². The number of nitriles is 1. The van der Waals surface area contributed by atoms with Gasteiger partial charge in [-0.25, -0.2) is 4.98 Å².